The van der Waals surface area contributed by atoms with Gasteiger partial charge in [-0.2, -0.15) is 4.98 Å². The first-order valence-corrected chi connectivity index (χ1v) is 9.23. The van der Waals surface area contributed by atoms with Crippen molar-refractivity contribution in [3.8, 4) is 28.6 Å². The van der Waals surface area contributed by atoms with Gasteiger partial charge in [-0.05, 0) is 42.5 Å². The standard InChI is InChI=1S/C22H16ClN3O3/c23-17-7-4-8-18(13-17)24-20(27)14-28-19-11-9-16(10-12-19)22-25-21(26-29-22)15-5-2-1-3-6-15/h1-13H,14H2,(H,24,27). The molecule has 1 aromatic heterocycles. The van der Waals surface area contributed by atoms with E-state index in [2.05, 4.69) is 15.5 Å². The summed E-state index contributed by atoms with van der Waals surface area (Å²) >= 11 is 5.90. The number of nitrogens with one attached hydrogen (secondary N) is 1. The van der Waals surface area contributed by atoms with E-state index in [1.54, 1.807) is 48.5 Å². The van der Waals surface area contributed by atoms with E-state index in [-0.39, 0.29) is 12.5 Å². The number of halogens is 1. The average Bonchev–Trinajstić information content (AvgIpc) is 3.24. The van der Waals surface area contributed by atoms with E-state index in [1.807, 2.05) is 30.3 Å². The zero-order chi connectivity index (χ0) is 20.1. The SMILES string of the molecule is O=C(COc1ccc(-c2nc(-c3ccccc3)no2)cc1)Nc1cccc(Cl)c1. The minimum Gasteiger partial charge on any atom is -0.484 e. The molecule has 0 aliphatic carbocycles. The van der Waals surface area contributed by atoms with E-state index in [0.29, 0.717) is 28.2 Å². The Morgan fingerprint density at radius 2 is 1.76 bits per heavy atom. The second-order valence-electron chi connectivity index (χ2n) is 6.16. The van der Waals surface area contributed by atoms with Crippen LogP contribution in [0.3, 0.4) is 0 Å². The molecule has 144 valence electrons. The third-order valence-corrected chi connectivity index (χ3v) is 4.27. The van der Waals surface area contributed by atoms with Gasteiger partial charge in [-0.15, -0.1) is 0 Å². The minimum absolute atomic E-state index is 0.120. The van der Waals surface area contributed by atoms with Gasteiger partial charge in [0.15, 0.2) is 6.61 Å². The number of aromatic nitrogens is 2. The van der Waals surface area contributed by atoms with E-state index in [0.717, 1.165) is 11.1 Å². The first-order valence-electron chi connectivity index (χ1n) is 8.85. The third-order valence-electron chi connectivity index (χ3n) is 4.04. The summed E-state index contributed by atoms with van der Waals surface area (Å²) in [5.74, 6) is 1.21. The van der Waals surface area contributed by atoms with Gasteiger partial charge in [-0.25, -0.2) is 0 Å². The van der Waals surface area contributed by atoms with E-state index < -0.39 is 0 Å². The summed E-state index contributed by atoms with van der Waals surface area (Å²) in [5, 5.41) is 7.29. The molecule has 4 rings (SSSR count). The number of hydrogen-bond acceptors (Lipinski definition) is 5. The Hall–Kier alpha value is -3.64. The molecular weight excluding hydrogens is 390 g/mol. The van der Waals surface area contributed by atoms with Crippen molar-refractivity contribution in [1.29, 1.82) is 0 Å². The van der Waals surface area contributed by atoms with Gasteiger partial charge in [0, 0.05) is 21.8 Å². The number of rotatable bonds is 6. The Balaban J connectivity index is 1.36. The van der Waals surface area contributed by atoms with Crippen LogP contribution in [0.1, 0.15) is 0 Å². The highest BCUT2D eigenvalue weighted by Crippen LogP contribution is 2.24. The van der Waals surface area contributed by atoms with Crippen LogP contribution >= 0.6 is 11.6 Å². The molecule has 0 radical (unpaired) electrons. The van der Waals surface area contributed by atoms with Crippen LogP contribution in [0, 0.1) is 0 Å². The maximum absolute atomic E-state index is 12.0. The topological polar surface area (TPSA) is 77.2 Å². The lowest BCUT2D eigenvalue weighted by molar-refractivity contribution is -0.118. The van der Waals surface area contributed by atoms with Crippen molar-refractivity contribution in [1.82, 2.24) is 10.1 Å². The van der Waals surface area contributed by atoms with Crippen molar-refractivity contribution in [3.05, 3.63) is 83.9 Å². The van der Waals surface area contributed by atoms with Crippen molar-refractivity contribution < 1.29 is 14.1 Å². The lowest BCUT2D eigenvalue weighted by Gasteiger charge is -2.08. The van der Waals surface area contributed by atoms with Crippen LogP contribution in [0.2, 0.25) is 5.02 Å². The second kappa shape index (κ2) is 8.58. The Morgan fingerprint density at radius 1 is 0.966 bits per heavy atom. The molecule has 0 spiro atoms. The van der Waals surface area contributed by atoms with Gasteiger partial charge < -0.3 is 14.6 Å². The number of amides is 1. The van der Waals surface area contributed by atoms with E-state index in [4.69, 9.17) is 20.9 Å². The lowest BCUT2D eigenvalue weighted by atomic mass is 10.2. The highest BCUT2D eigenvalue weighted by molar-refractivity contribution is 6.30. The summed E-state index contributed by atoms with van der Waals surface area (Å²) in [6.07, 6.45) is 0. The Morgan fingerprint density at radius 3 is 2.52 bits per heavy atom. The van der Waals surface area contributed by atoms with E-state index in [1.165, 1.54) is 0 Å². The Kier molecular flexibility index (Phi) is 5.54. The number of carbonyl (C=O) groups is 1. The summed E-state index contributed by atoms with van der Waals surface area (Å²) in [6.45, 7) is -0.120. The van der Waals surface area contributed by atoms with Crippen LogP contribution < -0.4 is 10.1 Å². The smallest absolute Gasteiger partial charge is 0.262 e. The molecule has 1 N–H and O–H groups in total. The van der Waals surface area contributed by atoms with Crippen LogP contribution in [0.25, 0.3) is 22.8 Å². The molecule has 1 amide bonds. The van der Waals surface area contributed by atoms with E-state index in [9.17, 15) is 4.79 Å². The zero-order valence-corrected chi connectivity index (χ0v) is 16.0. The number of benzene rings is 3. The van der Waals surface area contributed by atoms with Gasteiger partial charge in [0.25, 0.3) is 11.8 Å². The molecule has 0 aliphatic rings. The predicted molar refractivity (Wildman–Crippen MR) is 111 cm³/mol. The molecule has 0 saturated carbocycles. The predicted octanol–water partition coefficient (Wildman–Crippen LogP) is 5.07. The van der Waals surface area contributed by atoms with Crippen molar-refractivity contribution in [2.24, 2.45) is 0 Å². The number of hydrogen-bond donors (Lipinski definition) is 1. The maximum Gasteiger partial charge on any atom is 0.262 e. The van der Waals surface area contributed by atoms with Gasteiger partial charge >= 0.3 is 0 Å². The summed E-state index contributed by atoms with van der Waals surface area (Å²) in [5.41, 5.74) is 2.26. The zero-order valence-electron chi connectivity index (χ0n) is 15.2. The molecule has 0 bridgehead atoms. The number of ether oxygens (including phenoxy) is 1. The maximum atomic E-state index is 12.0. The average molecular weight is 406 g/mol. The molecule has 0 aliphatic heterocycles. The van der Waals surface area contributed by atoms with Crippen LogP contribution in [0.4, 0.5) is 5.69 Å². The summed E-state index contributed by atoms with van der Waals surface area (Å²) in [7, 11) is 0. The first-order chi connectivity index (χ1) is 14.2. The van der Waals surface area contributed by atoms with Gasteiger partial charge in [0.2, 0.25) is 5.82 Å². The summed E-state index contributed by atoms with van der Waals surface area (Å²) in [4.78, 5) is 16.4. The van der Waals surface area contributed by atoms with Crippen LogP contribution in [-0.4, -0.2) is 22.7 Å². The fraction of sp³-hybridized carbons (Fsp3) is 0.0455. The molecule has 0 fully saturated rings. The molecule has 6 nitrogen and oxygen atoms in total. The molecule has 3 aromatic carbocycles. The molecule has 1 heterocycles. The largest absolute Gasteiger partial charge is 0.484 e. The molecule has 0 unspecified atom stereocenters. The molecule has 7 heteroatoms. The Bertz CT molecular complexity index is 1110. The number of anilines is 1. The quantitative estimate of drug-likeness (QED) is 0.484. The van der Waals surface area contributed by atoms with Gasteiger partial charge in [0.05, 0.1) is 0 Å². The van der Waals surface area contributed by atoms with Crippen LogP contribution in [0.5, 0.6) is 5.75 Å². The first kappa shape index (κ1) is 18.7. The second-order valence-corrected chi connectivity index (χ2v) is 6.60. The Labute approximate surface area is 172 Å². The van der Waals surface area contributed by atoms with E-state index >= 15 is 0 Å². The summed E-state index contributed by atoms with van der Waals surface area (Å²) in [6, 6.07) is 23.6. The molecular formula is C22H16ClN3O3. The van der Waals surface area contributed by atoms with Crippen molar-refractivity contribution >= 4 is 23.2 Å². The van der Waals surface area contributed by atoms with Crippen molar-refractivity contribution in [3.63, 3.8) is 0 Å². The fourth-order valence-electron chi connectivity index (χ4n) is 2.65. The normalized spacial score (nSPS) is 10.5. The fourth-order valence-corrected chi connectivity index (χ4v) is 2.84. The molecule has 0 saturated heterocycles. The highest BCUT2D eigenvalue weighted by atomic mass is 35.5. The van der Waals surface area contributed by atoms with Crippen LogP contribution in [0.15, 0.2) is 83.4 Å². The third kappa shape index (κ3) is 4.80. The van der Waals surface area contributed by atoms with Gasteiger partial charge in [0.1, 0.15) is 5.75 Å². The van der Waals surface area contributed by atoms with Crippen molar-refractivity contribution in [2.75, 3.05) is 11.9 Å². The summed E-state index contributed by atoms with van der Waals surface area (Å²) < 4.78 is 10.9. The number of carbonyl (C=O) groups excluding carboxylic acids is 1. The van der Waals surface area contributed by atoms with Crippen LogP contribution in [-0.2, 0) is 4.79 Å². The molecule has 0 atom stereocenters. The lowest BCUT2D eigenvalue weighted by Crippen LogP contribution is -2.20. The minimum atomic E-state index is -0.277. The van der Waals surface area contributed by atoms with Gasteiger partial charge in [-0.1, -0.05) is 53.2 Å². The highest BCUT2D eigenvalue weighted by Gasteiger charge is 2.11. The number of nitrogens with zero attached hydrogens (tertiary/aromatic N) is 2. The van der Waals surface area contributed by atoms with Gasteiger partial charge in [-0.3, -0.25) is 4.79 Å². The molecule has 4 aromatic rings. The monoisotopic (exact) mass is 405 g/mol. The molecule has 29 heavy (non-hydrogen) atoms. The van der Waals surface area contributed by atoms with Crippen molar-refractivity contribution in [2.45, 2.75) is 0 Å².